The molecule has 0 radical (unpaired) electrons. The molecular weight excluding hydrogens is 592 g/mol. The minimum atomic E-state index is -3.70. The Bertz CT molecular complexity index is 1850. The Balaban J connectivity index is 1.38. The number of hydrogen-bond donors (Lipinski definition) is 1. The first-order valence-electron chi connectivity index (χ1n) is 15.5. The second-order valence-electron chi connectivity index (χ2n) is 11.0. The van der Waals surface area contributed by atoms with Crippen molar-refractivity contribution in [1.29, 1.82) is 0 Å². The molecule has 0 unspecified atom stereocenters. The zero-order valence-electron chi connectivity index (χ0n) is 26.0. The number of ether oxygens (including phenoxy) is 2. The molecule has 3 aromatic carbocycles. The lowest BCUT2D eigenvalue weighted by Gasteiger charge is -2.26. The fraction of sp³-hybridized carbons (Fsp3) is 0.382. The van der Waals surface area contributed by atoms with E-state index < -0.39 is 15.6 Å². The second kappa shape index (κ2) is 14.3. The summed E-state index contributed by atoms with van der Waals surface area (Å²) in [5.74, 6) is 0.971. The predicted molar refractivity (Wildman–Crippen MR) is 174 cm³/mol. The number of rotatable bonds is 12. The quantitative estimate of drug-likeness (QED) is 0.240. The lowest BCUT2D eigenvalue weighted by atomic mass is 10.0. The number of fused-ring (bicyclic) bond motifs is 1. The summed E-state index contributed by atoms with van der Waals surface area (Å²) in [7, 11) is -3.70. The summed E-state index contributed by atoms with van der Waals surface area (Å²) >= 11 is 0. The van der Waals surface area contributed by atoms with Crippen LogP contribution in [0, 0.1) is 6.92 Å². The number of carbonyl (C=O) groups is 1. The molecule has 4 aromatic rings. The molecular formula is C34H40N4O6S. The monoisotopic (exact) mass is 632 g/mol. The SMILES string of the molecule is CCOc1ccc(CCNC(=O)Cn2nc(-c3ccc(C)c(S(=O)(=O)N4CCCCC4)c3)c3ccccc3c2=O)cc1OCC. The lowest BCUT2D eigenvalue weighted by Crippen LogP contribution is -2.36. The molecule has 0 aliphatic carbocycles. The van der Waals surface area contributed by atoms with E-state index in [2.05, 4.69) is 10.4 Å². The van der Waals surface area contributed by atoms with Gasteiger partial charge in [0.25, 0.3) is 5.56 Å². The largest absolute Gasteiger partial charge is 0.490 e. The van der Waals surface area contributed by atoms with E-state index in [1.807, 2.05) is 38.1 Å². The number of piperidine rings is 1. The van der Waals surface area contributed by atoms with Crippen molar-refractivity contribution in [1.82, 2.24) is 19.4 Å². The van der Waals surface area contributed by atoms with Gasteiger partial charge in [-0.2, -0.15) is 9.40 Å². The van der Waals surface area contributed by atoms with Gasteiger partial charge in [-0.25, -0.2) is 13.1 Å². The molecule has 11 heteroatoms. The maximum Gasteiger partial charge on any atom is 0.275 e. The molecule has 1 saturated heterocycles. The van der Waals surface area contributed by atoms with E-state index in [0.29, 0.717) is 78.4 Å². The maximum atomic E-state index is 13.6. The van der Waals surface area contributed by atoms with Gasteiger partial charge in [0.15, 0.2) is 11.5 Å². The molecule has 2 heterocycles. The van der Waals surface area contributed by atoms with E-state index in [4.69, 9.17) is 9.47 Å². The number of carbonyl (C=O) groups excluding carboxylic acids is 1. The third kappa shape index (κ3) is 7.20. The summed E-state index contributed by atoms with van der Waals surface area (Å²) in [6.07, 6.45) is 3.25. The van der Waals surface area contributed by atoms with Gasteiger partial charge in [-0.1, -0.05) is 42.8 Å². The lowest BCUT2D eigenvalue weighted by molar-refractivity contribution is -0.121. The Morgan fingerprint density at radius 1 is 0.911 bits per heavy atom. The molecule has 1 fully saturated rings. The average Bonchev–Trinajstić information content (AvgIpc) is 3.04. The van der Waals surface area contributed by atoms with Crippen molar-refractivity contribution in [3.63, 3.8) is 0 Å². The standard InChI is InChI=1S/C34H40N4O6S/c1-4-43-29-16-14-25(21-30(29)44-5-2)17-18-35-32(39)23-38-34(40)28-12-8-7-11-27(28)33(36-38)26-15-13-24(3)31(22-26)45(41,42)37-19-9-6-10-20-37/h7-8,11-16,21-22H,4-6,9-10,17-20,23H2,1-3H3,(H,35,39). The van der Waals surface area contributed by atoms with Gasteiger partial charge in [0.1, 0.15) is 6.54 Å². The summed E-state index contributed by atoms with van der Waals surface area (Å²) in [5, 5.41) is 8.47. The van der Waals surface area contributed by atoms with E-state index in [1.165, 1.54) is 0 Å². The fourth-order valence-electron chi connectivity index (χ4n) is 5.61. The first-order chi connectivity index (χ1) is 21.7. The van der Waals surface area contributed by atoms with E-state index in [9.17, 15) is 18.0 Å². The molecule has 10 nitrogen and oxygen atoms in total. The number of sulfonamides is 1. The van der Waals surface area contributed by atoms with Crippen LogP contribution in [0.3, 0.4) is 0 Å². The van der Waals surface area contributed by atoms with Gasteiger partial charge in [0, 0.05) is 30.6 Å². The Labute approximate surface area is 264 Å². The van der Waals surface area contributed by atoms with Crippen LogP contribution in [0.2, 0.25) is 0 Å². The number of aromatic nitrogens is 2. The number of hydrogen-bond acceptors (Lipinski definition) is 7. The summed E-state index contributed by atoms with van der Waals surface area (Å²) in [5.41, 5.74) is 2.21. The molecule has 1 aromatic heterocycles. The van der Waals surface area contributed by atoms with Crippen LogP contribution >= 0.6 is 0 Å². The first-order valence-corrected chi connectivity index (χ1v) is 16.9. The van der Waals surface area contributed by atoms with Gasteiger partial charge in [-0.3, -0.25) is 9.59 Å². The molecule has 1 amide bonds. The van der Waals surface area contributed by atoms with Crippen LogP contribution in [0.5, 0.6) is 11.5 Å². The van der Waals surface area contributed by atoms with Crippen molar-refractivity contribution in [2.75, 3.05) is 32.8 Å². The number of aryl methyl sites for hydroxylation is 1. The second-order valence-corrected chi connectivity index (χ2v) is 13.0. The van der Waals surface area contributed by atoms with Gasteiger partial charge in [-0.05, 0) is 75.4 Å². The zero-order chi connectivity index (χ0) is 32.0. The summed E-state index contributed by atoms with van der Waals surface area (Å²) in [4.78, 5) is 26.6. The number of nitrogens with one attached hydrogen (secondary N) is 1. The van der Waals surface area contributed by atoms with E-state index in [1.54, 1.807) is 47.6 Å². The topological polar surface area (TPSA) is 120 Å². The van der Waals surface area contributed by atoms with Gasteiger partial charge >= 0.3 is 0 Å². The van der Waals surface area contributed by atoms with Crippen molar-refractivity contribution in [2.45, 2.75) is 57.9 Å². The fourth-order valence-corrected chi connectivity index (χ4v) is 7.38. The molecule has 45 heavy (non-hydrogen) atoms. The Morgan fingerprint density at radius 3 is 2.36 bits per heavy atom. The highest BCUT2D eigenvalue weighted by molar-refractivity contribution is 7.89. The molecule has 238 valence electrons. The van der Waals surface area contributed by atoms with Crippen LogP contribution in [-0.4, -0.2) is 61.3 Å². The van der Waals surface area contributed by atoms with Crippen LogP contribution < -0.4 is 20.3 Å². The molecule has 1 N–H and O–H groups in total. The normalized spacial score (nSPS) is 13.9. The van der Waals surface area contributed by atoms with Gasteiger partial charge in [-0.15, -0.1) is 0 Å². The van der Waals surface area contributed by atoms with Gasteiger partial charge in [0.05, 0.1) is 29.2 Å². The van der Waals surface area contributed by atoms with Crippen LogP contribution in [0.15, 0.2) is 70.4 Å². The Morgan fingerprint density at radius 2 is 1.62 bits per heavy atom. The summed E-state index contributed by atoms with van der Waals surface area (Å²) in [6.45, 7) is 7.71. The van der Waals surface area contributed by atoms with Crippen molar-refractivity contribution >= 4 is 26.7 Å². The molecule has 0 saturated carbocycles. The van der Waals surface area contributed by atoms with E-state index >= 15 is 0 Å². The van der Waals surface area contributed by atoms with Crippen molar-refractivity contribution in [3.8, 4) is 22.8 Å². The highest BCUT2D eigenvalue weighted by Crippen LogP contribution is 2.31. The molecule has 5 rings (SSSR count). The van der Waals surface area contributed by atoms with Crippen LogP contribution in [-0.2, 0) is 27.8 Å². The Hall–Kier alpha value is -4.22. The van der Waals surface area contributed by atoms with Crippen LogP contribution in [0.25, 0.3) is 22.0 Å². The minimum absolute atomic E-state index is 0.227. The molecule has 0 bridgehead atoms. The smallest absolute Gasteiger partial charge is 0.275 e. The molecule has 1 aliphatic heterocycles. The summed E-state index contributed by atoms with van der Waals surface area (Å²) in [6, 6.07) is 18.0. The number of amides is 1. The third-order valence-corrected chi connectivity index (χ3v) is 9.94. The molecule has 1 aliphatic rings. The predicted octanol–water partition coefficient (Wildman–Crippen LogP) is 4.70. The van der Waals surface area contributed by atoms with Gasteiger partial charge < -0.3 is 14.8 Å². The van der Waals surface area contributed by atoms with Crippen molar-refractivity contribution < 1.29 is 22.7 Å². The van der Waals surface area contributed by atoms with Crippen molar-refractivity contribution in [3.05, 3.63) is 82.1 Å². The Kier molecular flexibility index (Phi) is 10.2. The molecule has 0 spiro atoms. The van der Waals surface area contributed by atoms with E-state index in [-0.39, 0.29) is 17.3 Å². The van der Waals surface area contributed by atoms with Crippen LogP contribution in [0.4, 0.5) is 0 Å². The molecule has 0 atom stereocenters. The average molecular weight is 633 g/mol. The number of benzene rings is 3. The van der Waals surface area contributed by atoms with Crippen LogP contribution in [0.1, 0.15) is 44.2 Å². The maximum absolute atomic E-state index is 13.6. The summed E-state index contributed by atoms with van der Waals surface area (Å²) < 4.78 is 41.2. The minimum Gasteiger partial charge on any atom is -0.490 e. The van der Waals surface area contributed by atoms with Crippen molar-refractivity contribution in [2.24, 2.45) is 0 Å². The zero-order valence-corrected chi connectivity index (χ0v) is 26.9. The number of nitrogens with zero attached hydrogens (tertiary/aromatic N) is 3. The van der Waals surface area contributed by atoms with Gasteiger partial charge in [0.2, 0.25) is 15.9 Å². The van der Waals surface area contributed by atoms with E-state index in [0.717, 1.165) is 29.5 Å². The highest BCUT2D eigenvalue weighted by atomic mass is 32.2. The highest BCUT2D eigenvalue weighted by Gasteiger charge is 2.28. The third-order valence-electron chi connectivity index (χ3n) is 7.90. The first kappa shape index (κ1) is 32.2.